The first-order valence-electron chi connectivity index (χ1n) is 8.46. The van der Waals surface area contributed by atoms with Crippen LogP contribution in [0.3, 0.4) is 0 Å². The average Bonchev–Trinajstić information content (AvgIpc) is 2.65. The zero-order chi connectivity index (χ0) is 18.5. The number of carbonyl (C=O) groups is 1. The molecular weight excluding hydrogens is 328 g/mol. The van der Waals surface area contributed by atoms with Gasteiger partial charge in [0.25, 0.3) is 5.56 Å². The van der Waals surface area contributed by atoms with Crippen molar-refractivity contribution in [1.29, 1.82) is 0 Å². The predicted octanol–water partition coefficient (Wildman–Crippen LogP) is 2.81. The molecule has 1 aromatic carbocycles. The lowest BCUT2D eigenvalue weighted by atomic mass is 10.1. The van der Waals surface area contributed by atoms with Gasteiger partial charge < -0.3 is 5.32 Å². The smallest absolute Gasteiger partial charge is 0.267 e. The maximum Gasteiger partial charge on any atom is 0.267 e. The number of pyridine rings is 1. The third-order valence-corrected chi connectivity index (χ3v) is 4.09. The van der Waals surface area contributed by atoms with Crippen LogP contribution in [0.25, 0.3) is 11.3 Å². The second-order valence-electron chi connectivity index (χ2n) is 5.98. The lowest BCUT2D eigenvalue weighted by Crippen LogP contribution is -2.29. The van der Waals surface area contributed by atoms with Gasteiger partial charge in [-0.2, -0.15) is 5.10 Å². The molecule has 3 rings (SSSR count). The van der Waals surface area contributed by atoms with E-state index in [0.29, 0.717) is 11.5 Å². The number of rotatable bonds is 5. The van der Waals surface area contributed by atoms with Gasteiger partial charge in [-0.25, -0.2) is 9.67 Å². The first-order valence-corrected chi connectivity index (χ1v) is 8.46. The number of nitrogens with one attached hydrogen (secondary N) is 1. The van der Waals surface area contributed by atoms with Gasteiger partial charge in [0.2, 0.25) is 5.91 Å². The summed E-state index contributed by atoms with van der Waals surface area (Å²) in [6, 6.07) is 14.7. The number of hydrogen-bond acceptors (Lipinski definition) is 4. The highest BCUT2D eigenvalue weighted by Crippen LogP contribution is 2.16. The number of amides is 1. The summed E-state index contributed by atoms with van der Waals surface area (Å²) >= 11 is 0. The van der Waals surface area contributed by atoms with Crippen molar-refractivity contribution in [3.8, 4) is 11.3 Å². The van der Waals surface area contributed by atoms with Gasteiger partial charge in [0.05, 0.1) is 5.69 Å². The molecule has 1 N–H and O–H groups in total. The van der Waals surface area contributed by atoms with Crippen LogP contribution in [0.15, 0.2) is 59.5 Å². The number of aryl methyl sites for hydroxylation is 2. The van der Waals surface area contributed by atoms with E-state index in [1.165, 1.54) is 11.6 Å². The second-order valence-corrected chi connectivity index (χ2v) is 5.98. The lowest BCUT2D eigenvalue weighted by molar-refractivity contribution is -0.117. The van der Waals surface area contributed by atoms with Gasteiger partial charge in [0, 0.05) is 17.8 Å². The van der Waals surface area contributed by atoms with E-state index in [2.05, 4.69) is 22.3 Å². The van der Waals surface area contributed by atoms with Gasteiger partial charge in [-0.3, -0.25) is 9.59 Å². The van der Waals surface area contributed by atoms with Gasteiger partial charge in [-0.15, -0.1) is 0 Å². The molecule has 6 nitrogen and oxygen atoms in total. The summed E-state index contributed by atoms with van der Waals surface area (Å²) in [7, 11) is 0. The molecule has 0 spiro atoms. The number of nitrogens with zero attached hydrogens (tertiary/aromatic N) is 3. The number of benzene rings is 1. The normalized spacial score (nSPS) is 10.5. The highest BCUT2D eigenvalue weighted by Gasteiger charge is 2.10. The van der Waals surface area contributed by atoms with Crippen LogP contribution in [-0.4, -0.2) is 20.7 Å². The van der Waals surface area contributed by atoms with E-state index >= 15 is 0 Å². The first-order chi connectivity index (χ1) is 12.6. The Labute approximate surface area is 151 Å². The third kappa shape index (κ3) is 4.03. The zero-order valence-corrected chi connectivity index (χ0v) is 14.8. The minimum absolute atomic E-state index is 0.171. The molecular formula is C20H20N4O2. The third-order valence-electron chi connectivity index (χ3n) is 4.09. The first kappa shape index (κ1) is 17.5. The molecule has 3 aromatic rings. The Morgan fingerprint density at radius 2 is 1.88 bits per heavy atom. The van der Waals surface area contributed by atoms with Crippen LogP contribution in [0.2, 0.25) is 0 Å². The molecule has 0 radical (unpaired) electrons. The fourth-order valence-electron chi connectivity index (χ4n) is 2.55. The maximum atomic E-state index is 12.3. The molecule has 132 valence electrons. The highest BCUT2D eigenvalue weighted by molar-refractivity contribution is 5.90. The van der Waals surface area contributed by atoms with Crippen molar-refractivity contribution >= 4 is 11.7 Å². The van der Waals surface area contributed by atoms with Crippen molar-refractivity contribution in [1.82, 2.24) is 14.8 Å². The van der Waals surface area contributed by atoms with Crippen LogP contribution >= 0.6 is 0 Å². The highest BCUT2D eigenvalue weighted by atomic mass is 16.2. The van der Waals surface area contributed by atoms with E-state index in [-0.39, 0.29) is 18.0 Å². The average molecular weight is 348 g/mol. The zero-order valence-electron chi connectivity index (χ0n) is 14.8. The molecule has 2 aromatic heterocycles. The van der Waals surface area contributed by atoms with Crippen molar-refractivity contribution in [3.63, 3.8) is 0 Å². The topological polar surface area (TPSA) is 76.9 Å². The van der Waals surface area contributed by atoms with Crippen LogP contribution in [0.4, 0.5) is 5.82 Å². The van der Waals surface area contributed by atoms with Gasteiger partial charge in [-0.1, -0.05) is 37.3 Å². The fourth-order valence-corrected chi connectivity index (χ4v) is 2.55. The van der Waals surface area contributed by atoms with Crippen molar-refractivity contribution in [2.24, 2.45) is 0 Å². The van der Waals surface area contributed by atoms with Gasteiger partial charge >= 0.3 is 0 Å². The fraction of sp³-hybridized carbons (Fsp3) is 0.200. The van der Waals surface area contributed by atoms with Gasteiger partial charge in [0.15, 0.2) is 0 Å². The Kier molecular flexibility index (Phi) is 5.22. The molecule has 26 heavy (non-hydrogen) atoms. The molecule has 0 fully saturated rings. The monoisotopic (exact) mass is 348 g/mol. The van der Waals surface area contributed by atoms with Crippen LogP contribution in [0, 0.1) is 6.92 Å². The summed E-state index contributed by atoms with van der Waals surface area (Å²) in [5.41, 5.74) is 3.30. The standard InChI is InChI=1S/C20H20N4O2/c1-3-15-6-8-16(9-7-15)17-10-11-19(26)24(23-17)13-18(25)22-20-14(2)5-4-12-21-20/h4-12H,3,13H2,1-2H3,(H,21,22,25). The van der Waals surface area contributed by atoms with E-state index < -0.39 is 0 Å². The Morgan fingerprint density at radius 3 is 2.58 bits per heavy atom. The van der Waals surface area contributed by atoms with Crippen molar-refractivity contribution in [3.05, 3.63) is 76.2 Å². The minimum atomic E-state index is -0.347. The molecule has 6 heteroatoms. The molecule has 0 bridgehead atoms. The molecule has 0 aliphatic carbocycles. The Hall–Kier alpha value is -3.28. The van der Waals surface area contributed by atoms with E-state index in [0.717, 1.165) is 22.2 Å². The summed E-state index contributed by atoms with van der Waals surface area (Å²) in [6.07, 6.45) is 2.56. The molecule has 0 aliphatic rings. The summed E-state index contributed by atoms with van der Waals surface area (Å²) in [5, 5.41) is 7.04. The van der Waals surface area contributed by atoms with E-state index in [9.17, 15) is 9.59 Å². The van der Waals surface area contributed by atoms with Crippen molar-refractivity contribution in [2.75, 3.05) is 5.32 Å². The van der Waals surface area contributed by atoms with E-state index in [4.69, 9.17) is 0 Å². The molecule has 0 saturated carbocycles. The molecule has 1 amide bonds. The van der Waals surface area contributed by atoms with Crippen molar-refractivity contribution in [2.45, 2.75) is 26.8 Å². The number of aromatic nitrogens is 3. The number of anilines is 1. The van der Waals surface area contributed by atoms with Gasteiger partial charge in [-0.05, 0) is 36.6 Å². The van der Waals surface area contributed by atoms with Gasteiger partial charge in [0.1, 0.15) is 12.4 Å². The molecule has 0 saturated heterocycles. The summed E-state index contributed by atoms with van der Waals surface area (Å²) in [6.45, 7) is 3.78. The largest absolute Gasteiger partial charge is 0.309 e. The van der Waals surface area contributed by atoms with Crippen molar-refractivity contribution < 1.29 is 4.79 Å². The number of hydrogen-bond donors (Lipinski definition) is 1. The van der Waals surface area contributed by atoms with Crippen LogP contribution in [-0.2, 0) is 17.8 Å². The van der Waals surface area contributed by atoms with E-state index in [1.807, 2.05) is 37.3 Å². The second kappa shape index (κ2) is 7.74. The lowest BCUT2D eigenvalue weighted by Gasteiger charge is -2.09. The van der Waals surface area contributed by atoms with E-state index in [1.54, 1.807) is 18.3 Å². The molecule has 0 unspecified atom stereocenters. The van der Waals surface area contributed by atoms with Crippen LogP contribution in [0.1, 0.15) is 18.1 Å². The Morgan fingerprint density at radius 1 is 1.12 bits per heavy atom. The SMILES string of the molecule is CCc1ccc(-c2ccc(=O)n(CC(=O)Nc3ncccc3C)n2)cc1. The quantitative estimate of drug-likeness (QED) is 0.769. The number of carbonyl (C=O) groups excluding carboxylic acids is 1. The molecule has 0 atom stereocenters. The van der Waals surface area contributed by atoms with Crippen LogP contribution < -0.4 is 10.9 Å². The minimum Gasteiger partial charge on any atom is -0.309 e. The Balaban J connectivity index is 1.80. The summed E-state index contributed by atoms with van der Waals surface area (Å²) in [5.74, 6) is 0.136. The molecule has 2 heterocycles. The predicted molar refractivity (Wildman–Crippen MR) is 101 cm³/mol. The molecule has 0 aliphatic heterocycles. The van der Waals surface area contributed by atoms with Crippen LogP contribution in [0.5, 0.6) is 0 Å². The maximum absolute atomic E-state index is 12.3. The summed E-state index contributed by atoms with van der Waals surface area (Å²) in [4.78, 5) is 28.5. The Bertz CT molecular complexity index is 978. The summed E-state index contributed by atoms with van der Waals surface area (Å²) < 4.78 is 1.16.